The van der Waals surface area contributed by atoms with Crippen LogP contribution in [0.4, 0.5) is 0 Å². The molecule has 0 spiro atoms. The number of carbonyl (C=O) groups is 1. The quantitative estimate of drug-likeness (QED) is 0.459. The van der Waals surface area contributed by atoms with E-state index in [2.05, 4.69) is 6.58 Å². The Kier molecular flexibility index (Phi) is 4.78. The van der Waals surface area contributed by atoms with E-state index in [-0.39, 0.29) is 12.4 Å². The molecule has 0 aliphatic carbocycles. The van der Waals surface area contributed by atoms with Crippen LogP contribution in [0.3, 0.4) is 0 Å². The predicted molar refractivity (Wildman–Crippen MR) is 48.7 cm³/mol. The highest BCUT2D eigenvalue weighted by Gasteiger charge is 2.16. The van der Waals surface area contributed by atoms with Crippen molar-refractivity contribution in [2.45, 2.75) is 6.42 Å². The summed E-state index contributed by atoms with van der Waals surface area (Å²) in [6.45, 7) is 4.88. The molecule has 0 saturated carbocycles. The Morgan fingerprint density at radius 3 is 2.58 bits per heavy atom. The molecule has 1 N–H and O–H groups in total. The average molecular weight is 172 g/mol. The summed E-state index contributed by atoms with van der Waals surface area (Å²) in [4.78, 5) is 11.0. The zero-order chi connectivity index (χ0) is 9.61. The van der Waals surface area contributed by atoms with E-state index < -0.39 is 0 Å². The van der Waals surface area contributed by atoms with Crippen LogP contribution in [0, 0.1) is 0 Å². The number of aliphatic hydroxyl groups excluding tert-OH is 1. The highest BCUT2D eigenvalue weighted by atomic mass is 16.3. The number of nitrogens with zero attached hydrogens (tertiary/aromatic N) is 1. The number of rotatable bonds is 6. The molecular formula is C9H18NO2+. The Balaban J connectivity index is 3.85. The Bertz CT molecular complexity index is 164. The number of ketones is 1. The van der Waals surface area contributed by atoms with Gasteiger partial charge >= 0.3 is 0 Å². The average Bonchev–Trinajstić information content (AvgIpc) is 2.00. The molecule has 0 bridgehead atoms. The second kappa shape index (κ2) is 5.06. The van der Waals surface area contributed by atoms with Gasteiger partial charge in [-0.25, -0.2) is 0 Å². The molecule has 0 aliphatic rings. The van der Waals surface area contributed by atoms with E-state index >= 15 is 0 Å². The Morgan fingerprint density at radius 1 is 1.58 bits per heavy atom. The van der Waals surface area contributed by atoms with Gasteiger partial charge in [-0.3, -0.25) is 4.79 Å². The first-order valence-electron chi connectivity index (χ1n) is 4.10. The van der Waals surface area contributed by atoms with Crippen LogP contribution in [0.15, 0.2) is 12.7 Å². The molecule has 12 heavy (non-hydrogen) atoms. The summed E-state index contributed by atoms with van der Waals surface area (Å²) in [6, 6.07) is 0. The molecule has 0 aliphatic heterocycles. The number of carbonyl (C=O) groups excluding carboxylic acids is 1. The topological polar surface area (TPSA) is 37.3 Å². The van der Waals surface area contributed by atoms with E-state index in [1.165, 1.54) is 6.08 Å². The number of likely N-dealkylation sites (N-methyl/N-ethyl adjacent to an activating group) is 1. The first-order chi connectivity index (χ1) is 5.52. The summed E-state index contributed by atoms with van der Waals surface area (Å²) in [6.07, 6.45) is 2.08. The molecule has 70 valence electrons. The number of aliphatic hydroxyl groups is 1. The summed E-state index contributed by atoms with van der Waals surface area (Å²) in [5.74, 6) is 0.0536. The van der Waals surface area contributed by atoms with E-state index in [4.69, 9.17) is 5.11 Å². The maximum absolute atomic E-state index is 11.0. The maximum Gasteiger partial charge on any atom is 0.209 e. The molecule has 0 aromatic carbocycles. The fourth-order valence-corrected chi connectivity index (χ4v) is 1.06. The second-order valence-electron chi connectivity index (χ2n) is 3.57. The van der Waals surface area contributed by atoms with Crippen molar-refractivity contribution in [3.63, 3.8) is 0 Å². The van der Waals surface area contributed by atoms with Crippen LogP contribution in [-0.4, -0.2) is 49.2 Å². The molecule has 3 nitrogen and oxygen atoms in total. The van der Waals surface area contributed by atoms with Gasteiger partial charge in [-0.1, -0.05) is 6.58 Å². The molecule has 0 rings (SSSR count). The van der Waals surface area contributed by atoms with Gasteiger partial charge in [-0.15, -0.1) is 0 Å². The van der Waals surface area contributed by atoms with Crippen molar-refractivity contribution >= 4 is 5.78 Å². The third-order valence-corrected chi connectivity index (χ3v) is 1.73. The summed E-state index contributed by atoms with van der Waals surface area (Å²) in [7, 11) is 3.94. The van der Waals surface area contributed by atoms with Crippen molar-refractivity contribution in [3.8, 4) is 0 Å². The fourth-order valence-electron chi connectivity index (χ4n) is 1.06. The van der Waals surface area contributed by atoms with Gasteiger partial charge in [0, 0.05) is 13.0 Å². The molecule has 0 amide bonds. The monoisotopic (exact) mass is 172 g/mol. The van der Waals surface area contributed by atoms with Crippen molar-refractivity contribution in [3.05, 3.63) is 12.7 Å². The fraction of sp³-hybridized carbons (Fsp3) is 0.667. The summed E-state index contributed by atoms with van der Waals surface area (Å²) in [5.41, 5.74) is 0. The zero-order valence-electron chi connectivity index (χ0n) is 7.92. The molecule has 3 heteroatoms. The minimum atomic E-state index is 0.0536. The van der Waals surface area contributed by atoms with E-state index in [1.54, 1.807) is 0 Å². The van der Waals surface area contributed by atoms with Crippen molar-refractivity contribution < 1.29 is 14.4 Å². The van der Waals surface area contributed by atoms with E-state index in [0.717, 1.165) is 13.0 Å². The van der Waals surface area contributed by atoms with E-state index in [0.29, 0.717) is 11.0 Å². The van der Waals surface area contributed by atoms with Gasteiger partial charge in [0.1, 0.15) is 6.54 Å². The van der Waals surface area contributed by atoms with Gasteiger partial charge in [0.05, 0.1) is 20.6 Å². The lowest BCUT2D eigenvalue weighted by Gasteiger charge is -2.28. The highest BCUT2D eigenvalue weighted by Crippen LogP contribution is 1.99. The predicted octanol–water partition coefficient (Wildman–Crippen LogP) is 0.200. The Morgan fingerprint density at radius 2 is 2.17 bits per heavy atom. The number of hydrogen-bond acceptors (Lipinski definition) is 2. The number of quaternary nitrogens is 1. The summed E-state index contributed by atoms with van der Waals surface area (Å²) >= 11 is 0. The standard InChI is InChI=1S/C9H18NO2/c1-4-9(12)8-10(2,3)6-5-7-11/h4,11H,1,5-8H2,2-3H3/q+1. The molecule has 0 fully saturated rings. The van der Waals surface area contributed by atoms with Gasteiger partial charge < -0.3 is 9.59 Å². The van der Waals surface area contributed by atoms with Crippen LogP contribution in [0.1, 0.15) is 6.42 Å². The molecular weight excluding hydrogens is 154 g/mol. The molecule has 0 aromatic heterocycles. The van der Waals surface area contributed by atoms with Crippen LogP contribution in [0.25, 0.3) is 0 Å². The lowest BCUT2D eigenvalue weighted by Crippen LogP contribution is -2.44. The number of hydrogen-bond donors (Lipinski definition) is 1. The molecule has 0 unspecified atom stereocenters. The van der Waals surface area contributed by atoms with Crippen molar-refractivity contribution in [2.75, 3.05) is 33.8 Å². The molecule has 0 atom stereocenters. The van der Waals surface area contributed by atoms with Gasteiger partial charge in [-0.05, 0) is 6.08 Å². The van der Waals surface area contributed by atoms with Crippen LogP contribution in [0.5, 0.6) is 0 Å². The van der Waals surface area contributed by atoms with E-state index in [9.17, 15) is 4.79 Å². The largest absolute Gasteiger partial charge is 0.396 e. The van der Waals surface area contributed by atoms with Crippen LogP contribution in [-0.2, 0) is 4.79 Å². The summed E-state index contributed by atoms with van der Waals surface area (Å²) in [5, 5.41) is 8.61. The SMILES string of the molecule is C=CC(=O)C[N+](C)(C)CCCO. The highest BCUT2D eigenvalue weighted by molar-refractivity contribution is 5.90. The molecule has 0 heterocycles. The van der Waals surface area contributed by atoms with Crippen molar-refractivity contribution in [2.24, 2.45) is 0 Å². The Hall–Kier alpha value is -0.670. The van der Waals surface area contributed by atoms with Crippen LogP contribution < -0.4 is 0 Å². The zero-order valence-corrected chi connectivity index (χ0v) is 7.92. The van der Waals surface area contributed by atoms with Crippen molar-refractivity contribution in [1.82, 2.24) is 0 Å². The lowest BCUT2D eigenvalue weighted by atomic mass is 10.3. The Labute approximate surface area is 73.9 Å². The minimum absolute atomic E-state index is 0.0536. The molecule has 0 saturated heterocycles. The van der Waals surface area contributed by atoms with E-state index in [1.807, 2.05) is 14.1 Å². The third kappa shape index (κ3) is 5.04. The lowest BCUT2D eigenvalue weighted by molar-refractivity contribution is -0.882. The summed E-state index contributed by atoms with van der Waals surface area (Å²) < 4.78 is 0.616. The van der Waals surface area contributed by atoms with Crippen molar-refractivity contribution in [1.29, 1.82) is 0 Å². The van der Waals surface area contributed by atoms with Gasteiger partial charge in [0.15, 0.2) is 0 Å². The first-order valence-corrected chi connectivity index (χ1v) is 4.10. The minimum Gasteiger partial charge on any atom is -0.396 e. The van der Waals surface area contributed by atoms with Crippen LogP contribution >= 0.6 is 0 Å². The second-order valence-corrected chi connectivity index (χ2v) is 3.57. The maximum atomic E-state index is 11.0. The smallest absolute Gasteiger partial charge is 0.209 e. The van der Waals surface area contributed by atoms with Gasteiger partial charge in [-0.2, -0.15) is 0 Å². The van der Waals surface area contributed by atoms with Crippen LogP contribution in [0.2, 0.25) is 0 Å². The molecule has 0 radical (unpaired) electrons. The molecule has 0 aromatic rings. The first kappa shape index (κ1) is 11.3. The van der Waals surface area contributed by atoms with Gasteiger partial charge in [0.2, 0.25) is 5.78 Å². The third-order valence-electron chi connectivity index (χ3n) is 1.73. The normalized spacial score (nSPS) is 11.2. The van der Waals surface area contributed by atoms with Gasteiger partial charge in [0.25, 0.3) is 0 Å².